The molecule has 0 atom stereocenters. The quantitative estimate of drug-likeness (QED) is 0.628. The topological polar surface area (TPSA) is 45.7 Å². The predicted molar refractivity (Wildman–Crippen MR) is 115 cm³/mol. The van der Waals surface area contributed by atoms with Crippen LogP contribution >= 0.6 is 22.9 Å². The number of amides is 1. The molecular formula is C21H20ClN3O2S. The van der Waals surface area contributed by atoms with Gasteiger partial charge in [-0.15, -0.1) is 11.3 Å². The van der Waals surface area contributed by atoms with E-state index in [9.17, 15) is 4.79 Å². The van der Waals surface area contributed by atoms with E-state index in [1.54, 1.807) is 11.9 Å². The summed E-state index contributed by atoms with van der Waals surface area (Å²) in [4.78, 5) is 21.3. The van der Waals surface area contributed by atoms with Gasteiger partial charge in [-0.3, -0.25) is 9.69 Å². The van der Waals surface area contributed by atoms with Crippen molar-refractivity contribution in [2.24, 2.45) is 0 Å². The van der Waals surface area contributed by atoms with Crippen molar-refractivity contribution in [3.8, 4) is 11.3 Å². The van der Waals surface area contributed by atoms with Gasteiger partial charge < -0.3 is 9.64 Å². The van der Waals surface area contributed by atoms with E-state index in [0.717, 1.165) is 43.2 Å². The standard InChI is InChI=1S/C21H20ClN3O2S/c1-24(21-23-19(14-28-21)17-4-2-3-5-18(17)22)20(26)15-6-8-16(9-7-15)25-10-12-27-13-11-25/h2-9,14H,10-13H2,1H3. The van der Waals surface area contributed by atoms with E-state index in [0.29, 0.717) is 15.7 Å². The first kappa shape index (κ1) is 18.9. The fraction of sp³-hybridized carbons (Fsp3) is 0.238. The average molecular weight is 414 g/mol. The van der Waals surface area contributed by atoms with Crippen molar-refractivity contribution in [2.45, 2.75) is 0 Å². The van der Waals surface area contributed by atoms with E-state index in [-0.39, 0.29) is 5.91 Å². The van der Waals surface area contributed by atoms with Gasteiger partial charge in [-0.05, 0) is 30.3 Å². The molecule has 144 valence electrons. The summed E-state index contributed by atoms with van der Waals surface area (Å²) in [6.45, 7) is 3.22. The molecule has 1 fully saturated rings. The van der Waals surface area contributed by atoms with Crippen LogP contribution in [0.15, 0.2) is 53.9 Å². The normalized spacial score (nSPS) is 14.1. The number of nitrogens with zero attached hydrogens (tertiary/aromatic N) is 3. The molecule has 0 aliphatic carbocycles. The third kappa shape index (κ3) is 3.90. The minimum absolute atomic E-state index is 0.0893. The van der Waals surface area contributed by atoms with Crippen LogP contribution in [0.4, 0.5) is 10.8 Å². The van der Waals surface area contributed by atoms with Crippen LogP contribution in [0.3, 0.4) is 0 Å². The Morgan fingerprint density at radius 2 is 1.86 bits per heavy atom. The van der Waals surface area contributed by atoms with Crippen molar-refractivity contribution < 1.29 is 9.53 Å². The number of aromatic nitrogens is 1. The van der Waals surface area contributed by atoms with E-state index in [1.165, 1.54) is 11.3 Å². The largest absolute Gasteiger partial charge is 0.378 e. The summed E-state index contributed by atoms with van der Waals surface area (Å²) in [7, 11) is 1.74. The fourth-order valence-corrected chi connectivity index (χ4v) is 4.15. The maximum Gasteiger partial charge on any atom is 0.259 e. The number of halogens is 1. The smallest absolute Gasteiger partial charge is 0.259 e. The molecule has 4 rings (SSSR count). The van der Waals surface area contributed by atoms with Gasteiger partial charge in [-0.25, -0.2) is 4.98 Å². The van der Waals surface area contributed by atoms with Gasteiger partial charge >= 0.3 is 0 Å². The van der Waals surface area contributed by atoms with Gasteiger partial charge in [0.1, 0.15) is 0 Å². The van der Waals surface area contributed by atoms with E-state index in [2.05, 4.69) is 9.88 Å². The summed E-state index contributed by atoms with van der Waals surface area (Å²) in [6, 6.07) is 15.3. The van der Waals surface area contributed by atoms with Gasteiger partial charge in [0, 0.05) is 47.4 Å². The zero-order valence-corrected chi connectivity index (χ0v) is 17.0. The van der Waals surface area contributed by atoms with Crippen molar-refractivity contribution >= 4 is 39.7 Å². The number of morpholine rings is 1. The zero-order valence-electron chi connectivity index (χ0n) is 15.5. The van der Waals surface area contributed by atoms with Crippen LogP contribution in [0.1, 0.15) is 10.4 Å². The molecule has 0 unspecified atom stereocenters. The highest BCUT2D eigenvalue weighted by Crippen LogP contribution is 2.32. The third-order valence-electron chi connectivity index (χ3n) is 4.72. The molecule has 5 nitrogen and oxygen atoms in total. The monoisotopic (exact) mass is 413 g/mol. The molecule has 1 aromatic heterocycles. The molecule has 28 heavy (non-hydrogen) atoms. The summed E-state index contributed by atoms with van der Waals surface area (Å²) >= 11 is 7.68. The van der Waals surface area contributed by atoms with E-state index >= 15 is 0 Å². The van der Waals surface area contributed by atoms with Gasteiger partial charge in [-0.1, -0.05) is 29.8 Å². The van der Waals surface area contributed by atoms with Crippen molar-refractivity contribution in [1.82, 2.24) is 4.98 Å². The molecule has 1 saturated heterocycles. The Labute approximate surface area is 173 Å². The molecule has 1 aliphatic heterocycles. The molecule has 0 bridgehead atoms. The third-order valence-corrected chi connectivity index (χ3v) is 5.97. The number of carbonyl (C=O) groups is 1. The van der Waals surface area contributed by atoms with Crippen LogP contribution < -0.4 is 9.80 Å². The lowest BCUT2D eigenvalue weighted by Crippen LogP contribution is -2.36. The lowest BCUT2D eigenvalue weighted by atomic mass is 10.1. The van der Waals surface area contributed by atoms with Gasteiger partial charge in [-0.2, -0.15) is 0 Å². The SMILES string of the molecule is CN(C(=O)c1ccc(N2CCOCC2)cc1)c1nc(-c2ccccc2Cl)cs1. The second-order valence-corrected chi connectivity index (χ2v) is 7.75. The van der Waals surface area contributed by atoms with Crippen LogP contribution in [-0.2, 0) is 4.74 Å². The summed E-state index contributed by atoms with van der Waals surface area (Å²) in [6.07, 6.45) is 0. The van der Waals surface area contributed by atoms with Crippen LogP contribution in [0.5, 0.6) is 0 Å². The first-order valence-electron chi connectivity index (χ1n) is 9.05. The minimum atomic E-state index is -0.0893. The number of rotatable bonds is 4. The number of thiazole rings is 1. The van der Waals surface area contributed by atoms with Crippen LogP contribution in [-0.4, -0.2) is 44.2 Å². The highest BCUT2D eigenvalue weighted by Gasteiger charge is 2.18. The maximum atomic E-state index is 12.9. The summed E-state index contributed by atoms with van der Waals surface area (Å²) < 4.78 is 5.39. The first-order chi connectivity index (χ1) is 13.6. The number of anilines is 2. The van der Waals surface area contributed by atoms with Gasteiger partial charge in [0.05, 0.1) is 18.9 Å². The van der Waals surface area contributed by atoms with Crippen molar-refractivity contribution in [1.29, 1.82) is 0 Å². The fourth-order valence-electron chi connectivity index (χ4n) is 3.13. The van der Waals surface area contributed by atoms with Crippen molar-refractivity contribution in [2.75, 3.05) is 43.2 Å². The second kappa shape index (κ2) is 8.31. The Morgan fingerprint density at radius 3 is 2.57 bits per heavy atom. The Kier molecular flexibility index (Phi) is 5.62. The lowest BCUT2D eigenvalue weighted by molar-refractivity contribution is 0.0993. The summed E-state index contributed by atoms with van der Waals surface area (Å²) in [5.74, 6) is -0.0893. The molecule has 2 heterocycles. The molecule has 2 aromatic carbocycles. The molecule has 7 heteroatoms. The number of hydrogen-bond acceptors (Lipinski definition) is 5. The average Bonchev–Trinajstić information content (AvgIpc) is 3.24. The Bertz CT molecular complexity index is 968. The number of carbonyl (C=O) groups excluding carboxylic acids is 1. The lowest BCUT2D eigenvalue weighted by Gasteiger charge is -2.29. The summed E-state index contributed by atoms with van der Waals surface area (Å²) in [5.41, 5.74) is 3.38. The van der Waals surface area contributed by atoms with Crippen LogP contribution in [0, 0.1) is 0 Å². The molecule has 3 aromatic rings. The zero-order chi connectivity index (χ0) is 19.5. The Balaban J connectivity index is 1.50. The van der Waals surface area contributed by atoms with Crippen molar-refractivity contribution in [3.05, 3.63) is 64.5 Å². The van der Waals surface area contributed by atoms with E-state index < -0.39 is 0 Å². The Hall–Kier alpha value is -2.41. The van der Waals surface area contributed by atoms with Crippen molar-refractivity contribution in [3.63, 3.8) is 0 Å². The number of benzene rings is 2. The second-order valence-electron chi connectivity index (χ2n) is 6.51. The molecule has 0 radical (unpaired) electrons. The van der Waals surface area contributed by atoms with Crippen LogP contribution in [0.25, 0.3) is 11.3 Å². The molecule has 0 saturated carbocycles. The van der Waals surface area contributed by atoms with Gasteiger partial charge in [0.25, 0.3) is 5.91 Å². The Morgan fingerprint density at radius 1 is 1.14 bits per heavy atom. The molecule has 1 aliphatic rings. The number of ether oxygens (including phenoxy) is 1. The minimum Gasteiger partial charge on any atom is -0.378 e. The van der Waals surface area contributed by atoms with E-state index in [4.69, 9.17) is 16.3 Å². The van der Waals surface area contributed by atoms with E-state index in [1.807, 2.05) is 53.9 Å². The van der Waals surface area contributed by atoms with Crippen LogP contribution in [0.2, 0.25) is 5.02 Å². The molecular weight excluding hydrogens is 394 g/mol. The highest BCUT2D eigenvalue weighted by molar-refractivity contribution is 7.14. The molecule has 1 amide bonds. The molecule has 0 N–H and O–H groups in total. The predicted octanol–water partition coefficient (Wildman–Crippen LogP) is 4.58. The number of hydrogen-bond donors (Lipinski definition) is 0. The van der Waals surface area contributed by atoms with Gasteiger partial charge in [0.2, 0.25) is 0 Å². The molecule has 0 spiro atoms. The maximum absolute atomic E-state index is 12.9. The van der Waals surface area contributed by atoms with Gasteiger partial charge in [0.15, 0.2) is 5.13 Å². The first-order valence-corrected chi connectivity index (χ1v) is 10.3. The highest BCUT2D eigenvalue weighted by atomic mass is 35.5. The summed E-state index contributed by atoms with van der Waals surface area (Å²) in [5, 5.41) is 3.20.